The van der Waals surface area contributed by atoms with Gasteiger partial charge in [0.2, 0.25) is 0 Å². The minimum Gasteiger partial charge on any atom is -0.237 e. The van der Waals surface area contributed by atoms with E-state index < -0.39 is 0 Å². The van der Waals surface area contributed by atoms with E-state index in [-0.39, 0.29) is 0 Å². The standard InChI is InChI=1S/C30H23N3/c1-20-28(21(2)33(32-20)27-18-10-11-19-31-27)30-25-16-8-6-14-23(25)29(22-12-4-3-5-13-22)24-15-7-9-17-26(24)30/h3-19H,1-2H3. The van der Waals surface area contributed by atoms with E-state index in [0.717, 1.165) is 17.2 Å². The molecule has 2 aromatic heterocycles. The Morgan fingerprint density at radius 1 is 0.545 bits per heavy atom. The minimum atomic E-state index is 0.832. The maximum atomic E-state index is 4.91. The number of aromatic nitrogens is 3. The molecular formula is C30H23N3. The number of hydrogen-bond acceptors (Lipinski definition) is 2. The van der Waals surface area contributed by atoms with Gasteiger partial charge in [0.05, 0.1) is 11.4 Å². The normalized spacial score (nSPS) is 11.3. The summed E-state index contributed by atoms with van der Waals surface area (Å²) in [6.45, 7) is 4.23. The second kappa shape index (κ2) is 7.72. The lowest BCUT2D eigenvalue weighted by molar-refractivity contribution is 0.806. The van der Waals surface area contributed by atoms with Crippen molar-refractivity contribution in [2.75, 3.05) is 0 Å². The summed E-state index contributed by atoms with van der Waals surface area (Å²) in [4.78, 5) is 4.54. The highest BCUT2D eigenvalue weighted by molar-refractivity contribution is 6.21. The van der Waals surface area contributed by atoms with Gasteiger partial charge in [-0.15, -0.1) is 0 Å². The lowest BCUT2D eigenvalue weighted by atomic mass is 9.85. The Balaban J connectivity index is 1.76. The van der Waals surface area contributed by atoms with Gasteiger partial charge in [0.1, 0.15) is 0 Å². The van der Waals surface area contributed by atoms with E-state index in [1.54, 1.807) is 0 Å². The zero-order chi connectivity index (χ0) is 22.4. The molecule has 0 N–H and O–H groups in total. The van der Waals surface area contributed by atoms with Crippen molar-refractivity contribution >= 4 is 21.5 Å². The summed E-state index contributed by atoms with van der Waals surface area (Å²) in [5.41, 5.74) is 7.01. The van der Waals surface area contributed by atoms with Crippen molar-refractivity contribution in [1.82, 2.24) is 14.8 Å². The molecule has 0 saturated heterocycles. The lowest BCUT2D eigenvalue weighted by Gasteiger charge is -2.18. The van der Waals surface area contributed by atoms with Gasteiger partial charge in [0, 0.05) is 17.3 Å². The summed E-state index contributed by atoms with van der Waals surface area (Å²) >= 11 is 0. The van der Waals surface area contributed by atoms with E-state index in [4.69, 9.17) is 5.10 Å². The van der Waals surface area contributed by atoms with Gasteiger partial charge in [-0.1, -0.05) is 84.9 Å². The molecule has 3 nitrogen and oxygen atoms in total. The van der Waals surface area contributed by atoms with Gasteiger partial charge in [0.25, 0.3) is 0 Å². The first kappa shape index (κ1) is 19.4. The van der Waals surface area contributed by atoms with Crippen LogP contribution in [0.3, 0.4) is 0 Å². The van der Waals surface area contributed by atoms with Gasteiger partial charge >= 0.3 is 0 Å². The van der Waals surface area contributed by atoms with Crippen molar-refractivity contribution in [2.45, 2.75) is 13.8 Å². The van der Waals surface area contributed by atoms with Crippen molar-refractivity contribution in [3.05, 3.63) is 115 Å². The molecule has 0 fully saturated rings. The maximum absolute atomic E-state index is 4.91. The van der Waals surface area contributed by atoms with E-state index in [0.29, 0.717) is 0 Å². The molecule has 2 heterocycles. The number of fused-ring (bicyclic) bond motifs is 2. The van der Waals surface area contributed by atoms with Crippen LogP contribution in [0.25, 0.3) is 49.6 Å². The van der Waals surface area contributed by atoms with Gasteiger partial charge < -0.3 is 0 Å². The van der Waals surface area contributed by atoms with Crippen LogP contribution in [0.1, 0.15) is 11.4 Å². The third-order valence-electron chi connectivity index (χ3n) is 6.40. The number of aryl methyl sites for hydroxylation is 1. The molecule has 0 aliphatic rings. The summed E-state index contributed by atoms with van der Waals surface area (Å²) in [5, 5.41) is 9.88. The van der Waals surface area contributed by atoms with Crippen LogP contribution in [0.2, 0.25) is 0 Å². The molecule has 0 radical (unpaired) electrons. The van der Waals surface area contributed by atoms with Crippen LogP contribution in [-0.2, 0) is 0 Å². The van der Waals surface area contributed by atoms with Gasteiger partial charge in [-0.2, -0.15) is 5.10 Å². The van der Waals surface area contributed by atoms with Crippen LogP contribution in [0.5, 0.6) is 0 Å². The molecule has 6 rings (SSSR count). The summed E-state index contributed by atoms with van der Waals surface area (Å²) in [6, 6.07) is 34.1. The van der Waals surface area contributed by atoms with Crippen LogP contribution >= 0.6 is 0 Å². The fourth-order valence-corrected chi connectivity index (χ4v) is 5.02. The number of rotatable bonds is 3. The Labute approximate surface area is 193 Å². The van der Waals surface area contributed by atoms with E-state index in [1.165, 1.54) is 43.8 Å². The average molecular weight is 426 g/mol. The highest BCUT2D eigenvalue weighted by Crippen LogP contribution is 2.45. The first-order valence-corrected chi connectivity index (χ1v) is 11.2. The average Bonchev–Trinajstić information content (AvgIpc) is 3.17. The van der Waals surface area contributed by atoms with Crippen molar-refractivity contribution in [1.29, 1.82) is 0 Å². The summed E-state index contributed by atoms with van der Waals surface area (Å²) in [7, 11) is 0. The molecule has 6 aromatic rings. The molecule has 0 aliphatic carbocycles. The number of benzene rings is 4. The van der Waals surface area contributed by atoms with Crippen molar-refractivity contribution in [2.24, 2.45) is 0 Å². The summed E-state index contributed by atoms with van der Waals surface area (Å²) in [5.74, 6) is 0.832. The summed E-state index contributed by atoms with van der Waals surface area (Å²) in [6.07, 6.45) is 1.81. The predicted molar refractivity (Wildman–Crippen MR) is 137 cm³/mol. The molecule has 158 valence electrons. The van der Waals surface area contributed by atoms with Crippen LogP contribution in [0, 0.1) is 13.8 Å². The zero-order valence-electron chi connectivity index (χ0n) is 18.7. The molecular weight excluding hydrogens is 402 g/mol. The Morgan fingerprint density at radius 3 is 1.67 bits per heavy atom. The van der Waals surface area contributed by atoms with E-state index in [9.17, 15) is 0 Å². The van der Waals surface area contributed by atoms with Crippen molar-refractivity contribution in [3.8, 4) is 28.1 Å². The third-order valence-corrected chi connectivity index (χ3v) is 6.40. The Hall–Kier alpha value is -4.24. The first-order valence-electron chi connectivity index (χ1n) is 11.2. The molecule has 0 spiro atoms. The van der Waals surface area contributed by atoms with Gasteiger partial charge in [0.15, 0.2) is 5.82 Å². The quantitative estimate of drug-likeness (QED) is 0.274. The van der Waals surface area contributed by atoms with E-state index in [1.807, 2.05) is 29.1 Å². The second-order valence-electron chi connectivity index (χ2n) is 8.35. The van der Waals surface area contributed by atoms with Gasteiger partial charge in [-0.3, -0.25) is 0 Å². The number of hydrogen-bond donors (Lipinski definition) is 0. The first-order chi connectivity index (χ1) is 16.2. The number of pyridine rings is 1. The smallest absolute Gasteiger partial charge is 0.153 e. The zero-order valence-corrected chi connectivity index (χ0v) is 18.7. The van der Waals surface area contributed by atoms with Gasteiger partial charge in [-0.05, 0) is 58.7 Å². The van der Waals surface area contributed by atoms with E-state index >= 15 is 0 Å². The molecule has 0 saturated carbocycles. The monoisotopic (exact) mass is 425 g/mol. The van der Waals surface area contributed by atoms with Crippen LogP contribution in [0.15, 0.2) is 103 Å². The third kappa shape index (κ3) is 3.05. The highest BCUT2D eigenvalue weighted by atomic mass is 15.3. The van der Waals surface area contributed by atoms with E-state index in [2.05, 4.69) is 97.7 Å². The van der Waals surface area contributed by atoms with Crippen molar-refractivity contribution < 1.29 is 0 Å². The maximum Gasteiger partial charge on any atom is 0.153 e. The second-order valence-corrected chi connectivity index (χ2v) is 8.35. The topological polar surface area (TPSA) is 30.7 Å². The fraction of sp³-hybridized carbons (Fsp3) is 0.0667. The highest BCUT2D eigenvalue weighted by Gasteiger charge is 2.22. The fourth-order valence-electron chi connectivity index (χ4n) is 5.02. The molecule has 4 aromatic carbocycles. The molecule has 0 unspecified atom stereocenters. The van der Waals surface area contributed by atoms with Crippen LogP contribution in [0.4, 0.5) is 0 Å². The van der Waals surface area contributed by atoms with Crippen LogP contribution in [-0.4, -0.2) is 14.8 Å². The van der Waals surface area contributed by atoms with Gasteiger partial charge in [-0.25, -0.2) is 9.67 Å². The number of nitrogens with zero attached hydrogens (tertiary/aromatic N) is 3. The van der Waals surface area contributed by atoms with Crippen molar-refractivity contribution in [3.63, 3.8) is 0 Å². The molecule has 3 heteroatoms. The predicted octanol–water partition coefficient (Wildman–Crippen LogP) is 7.52. The largest absolute Gasteiger partial charge is 0.237 e. The Bertz CT molecular complexity index is 1560. The Morgan fingerprint density at radius 2 is 1.09 bits per heavy atom. The SMILES string of the molecule is Cc1nn(-c2ccccn2)c(C)c1-c1c2ccccc2c(-c2ccccc2)c2ccccc12. The minimum absolute atomic E-state index is 0.832. The molecule has 0 aliphatic heterocycles. The summed E-state index contributed by atoms with van der Waals surface area (Å²) < 4.78 is 1.96. The Kier molecular flexibility index (Phi) is 4.55. The molecule has 0 amide bonds. The molecule has 0 bridgehead atoms. The lowest BCUT2D eigenvalue weighted by Crippen LogP contribution is -2.01. The van der Waals surface area contributed by atoms with Crippen LogP contribution < -0.4 is 0 Å². The molecule has 0 atom stereocenters. The molecule has 33 heavy (non-hydrogen) atoms.